The van der Waals surface area contributed by atoms with Gasteiger partial charge in [-0.2, -0.15) is 0 Å². The molecule has 0 aliphatic rings. The molecular formula is C10H18O4. The van der Waals surface area contributed by atoms with Gasteiger partial charge in [-0.1, -0.05) is 0 Å². The summed E-state index contributed by atoms with van der Waals surface area (Å²) in [6.07, 6.45) is 0. The lowest BCUT2D eigenvalue weighted by Gasteiger charge is -1.86. The van der Waals surface area contributed by atoms with E-state index in [9.17, 15) is 0 Å². The molecule has 0 aliphatic heterocycles. The molecule has 1 heterocycles. The first-order chi connectivity index (χ1) is 6.78. The monoisotopic (exact) mass is 202 g/mol. The highest BCUT2D eigenvalue weighted by atomic mass is 16.5. The Balaban J connectivity index is 0.000000292. The number of aliphatic hydroxyl groups is 2. The highest BCUT2D eigenvalue weighted by molar-refractivity contribution is 5.04. The van der Waals surface area contributed by atoms with E-state index in [2.05, 4.69) is 0 Å². The lowest BCUT2D eigenvalue weighted by atomic mass is 10.4. The molecule has 0 unspecified atom stereocenters. The normalized spacial score (nSPS) is 9.43. The van der Waals surface area contributed by atoms with Gasteiger partial charge in [0.25, 0.3) is 0 Å². The van der Waals surface area contributed by atoms with Crippen molar-refractivity contribution in [2.75, 3.05) is 13.2 Å². The number of aliphatic hydroxyl groups excluding tert-OH is 2. The molecule has 0 bridgehead atoms. The Bertz CT molecular complexity index is 199. The minimum Gasteiger partial charge on any atom is -0.461 e. The highest BCUT2D eigenvalue weighted by Gasteiger charge is 1.96. The van der Waals surface area contributed by atoms with Gasteiger partial charge >= 0.3 is 0 Å². The first kappa shape index (κ1) is 13.2. The van der Waals surface area contributed by atoms with Crippen molar-refractivity contribution in [2.24, 2.45) is 0 Å². The maximum absolute atomic E-state index is 8.47. The van der Waals surface area contributed by atoms with Crippen LogP contribution in [0.1, 0.15) is 25.4 Å². The molecular weight excluding hydrogens is 184 g/mol. The van der Waals surface area contributed by atoms with Crippen LogP contribution >= 0.6 is 0 Å². The molecule has 0 aliphatic carbocycles. The topological polar surface area (TPSA) is 62.8 Å². The van der Waals surface area contributed by atoms with E-state index in [1.165, 1.54) is 0 Å². The molecule has 2 N–H and O–H groups in total. The zero-order valence-electron chi connectivity index (χ0n) is 8.69. The summed E-state index contributed by atoms with van der Waals surface area (Å²) in [5, 5.41) is 16.9. The van der Waals surface area contributed by atoms with Crippen LogP contribution in [-0.4, -0.2) is 23.4 Å². The minimum atomic E-state index is -0.111. The van der Waals surface area contributed by atoms with E-state index in [0.717, 1.165) is 13.2 Å². The van der Waals surface area contributed by atoms with Gasteiger partial charge in [-0.05, 0) is 26.0 Å². The van der Waals surface area contributed by atoms with Crippen molar-refractivity contribution in [2.45, 2.75) is 27.1 Å². The molecule has 4 heteroatoms. The fourth-order valence-electron chi connectivity index (χ4n) is 0.796. The van der Waals surface area contributed by atoms with Crippen LogP contribution in [0.5, 0.6) is 0 Å². The molecule has 0 spiro atoms. The standard InChI is InChI=1S/C6H8O3.C4H10O/c7-3-5-1-2-6(4-8)9-5;1-3-5-4-2/h1-2,7-8H,3-4H2;3-4H2,1-2H3. The second-order valence-electron chi connectivity index (χ2n) is 2.47. The summed E-state index contributed by atoms with van der Waals surface area (Å²) in [6, 6.07) is 3.26. The summed E-state index contributed by atoms with van der Waals surface area (Å²) in [5.74, 6) is 0.970. The third-order valence-electron chi connectivity index (χ3n) is 1.44. The molecule has 0 amide bonds. The second kappa shape index (κ2) is 8.74. The van der Waals surface area contributed by atoms with Crippen LogP contribution in [0.25, 0.3) is 0 Å². The summed E-state index contributed by atoms with van der Waals surface area (Å²) in [4.78, 5) is 0. The van der Waals surface area contributed by atoms with Crippen molar-refractivity contribution in [1.29, 1.82) is 0 Å². The van der Waals surface area contributed by atoms with E-state index >= 15 is 0 Å². The van der Waals surface area contributed by atoms with Gasteiger partial charge in [0.2, 0.25) is 0 Å². The van der Waals surface area contributed by atoms with Crippen LogP contribution in [0, 0.1) is 0 Å². The van der Waals surface area contributed by atoms with Crippen LogP contribution in [0.4, 0.5) is 0 Å². The van der Waals surface area contributed by atoms with Crippen LogP contribution in [0.3, 0.4) is 0 Å². The fraction of sp³-hybridized carbons (Fsp3) is 0.600. The Morgan fingerprint density at radius 2 is 1.50 bits per heavy atom. The van der Waals surface area contributed by atoms with Crippen LogP contribution in [0.2, 0.25) is 0 Å². The molecule has 1 aromatic heterocycles. The molecule has 0 aromatic carbocycles. The number of hydrogen-bond acceptors (Lipinski definition) is 4. The largest absolute Gasteiger partial charge is 0.461 e. The van der Waals surface area contributed by atoms with Crippen molar-refractivity contribution in [1.82, 2.24) is 0 Å². The molecule has 1 rings (SSSR count). The summed E-state index contributed by atoms with van der Waals surface area (Å²) < 4.78 is 9.72. The van der Waals surface area contributed by atoms with E-state index in [0.29, 0.717) is 11.5 Å². The first-order valence-corrected chi connectivity index (χ1v) is 4.65. The predicted molar refractivity (Wildman–Crippen MR) is 52.7 cm³/mol. The third kappa shape index (κ3) is 5.75. The van der Waals surface area contributed by atoms with E-state index in [1.807, 2.05) is 13.8 Å². The molecule has 14 heavy (non-hydrogen) atoms. The smallest absolute Gasteiger partial charge is 0.129 e. The maximum Gasteiger partial charge on any atom is 0.129 e. The van der Waals surface area contributed by atoms with Gasteiger partial charge in [0, 0.05) is 13.2 Å². The Morgan fingerprint density at radius 3 is 1.64 bits per heavy atom. The lowest BCUT2D eigenvalue weighted by molar-refractivity contribution is 0.162. The van der Waals surface area contributed by atoms with Crippen molar-refractivity contribution in [3.05, 3.63) is 23.7 Å². The number of ether oxygens (including phenoxy) is 1. The molecule has 0 fully saturated rings. The second-order valence-corrected chi connectivity index (χ2v) is 2.47. The number of hydrogen-bond donors (Lipinski definition) is 2. The highest BCUT2D eigenvalue weighted by Crippen LogP contribution is 2.06. The van der Waals surface area contributed by atoms with Gasteiger partial charge in [-0.3, -0.25) is 0 Å². The zero-order valence-corrected chi connectivity index (χ0v) is 8.69. The summed E-state index contributed by atoms with van der Waals surface area (Å²) >= 11 is 0. The molecule has 4 nitrogen and oxygen atoms in total. The third-order valence-corrected chi connectivity index (χ3v) is 1.44. The van der Waals surface area contributed by atoms with E-state index < -0.39 is 0 Å². The SMILES string of the molecule is CCOCC.OCc1ccc(CO)o1. The summed E-state index contributed by atoms with van der Waals surface area (Å²) in [5.41, 5.74) is 0. The van der Waals surface area contributed by atoms with Gasteiger partial charge in [0.05, 0.1) is 0 Å². The van der Waals surface area contributed by atoms with E-state index in [4.69, 9.17) is 19.4 Å². The molecule has 1 aromatic rings. The molecule has 82 valence electrons. The molecule has 0 saturated heterocycles. The fourth-order valence-corrected chi connectivity index (χ4v) is 0.796. The average molecular weight is 202 g/mol. The number of rotatable bonds is 4. The Hall–Kier alpha value is -0.840. The average Bonchev–Trinajstić information content (AvgIpc) is 2.67. The van der Waals surface area contributed by atoms with Gasteiger partial charge < -0.3 is 19.4 Å². The minimum absolute atomic E-state index is 0.111. The maximum atomic E-state index is 8.47. The van der Waals surface area contributed by atoms with Crippen molar-refractivity contribution in [3.63, 3.8) is 0 Å². The zero-order chi connectivity index (χ0) is 10.8. The Kier molecular flexibility index (Phi) is 8.22. The first-order valence-electron chi connectivity index (χ1n) is 4.65. The van der Waals surface area contributed by atoms with Crippen molar-refractivity contribution >= 4 is 0 Å². The molecule has 0 saturated carbocycles. The summed E-state index contributed by atoms with van der Waals surface area (Å²) in [7, 11) is 0. The Morgan fingerprint density at radius 1 is 1.07 bits per heavy atom. The Labute approximate surface area is 84.1 Å². The quantitative estimate of drug-likeness (QED) is 0.772. The molecule has 0 atom stereocenters. The molecule has 0 radical (unpaired) electrons. The van der Waals surface area contributed by atoms with E-state index in [-0.39, 0.29) is 13.2 Å². The van der Waals surface area contributed by atoms with Gasteiger partial charge in [0.15, 0.2) is 0 Å². The van der Waals surface area contributed by atoms with E-state index in [1.54, 1.807) is 12.1 Å². The van der Waals surface area contributed by atoms with Crippen molar-refractivity contribution in [3.8, 4) is 0 Å². The predicted octanol–water partition coefficient (Wildman–Crippen LogP) is 1.31. The van der Waals surface area contributed by atoms with Gasteiger partial charge in [0.1, 0.15) is 24.7 Å². The summed E-state index contributed by atoms with van der Waals surface area (Å²) in [6.45, 7) is 5.44. The van der Waals surface area contributed by atoms with Gasteiger partial charge in [-0.25, -0.2) is 0 Å². The lowest BCUT2D eigenvalue weighted by Crippen LogP contribution is -1.84. The van der Waals surface area contributed by atoms with Crippen LogP contribution < -0.4 is 0 Å². The van der Waals surface area contributed by atoms with Crippen LogP contribution in [0.15, 0.2) is 16.5 Å². The van der Waals surface area contributed by atoms with Crippen molar-refractivity contribution < 1.29 is 19.4 Å². The number of furan rings is 1. The van der Waals surface area contributed by atoms with Gasteiger partial charge in [-0.15, -0.1) is 0 Å². The van der Waals surface area contributed by atoms with Crippen LogP contribution in [-0.2, 0) is 18.0 Å².